The molecule has 1 heterocycles. The summed E-state index contributed by atoms with van der Waals surface area (Å²) in [6.45, 7) is 6.30. The third kappa shape index (κ3) is 6.27. The number of carbonyl (C=O) groups excluding carboxylic acids is 1. The van der Waals surface area contributed by atoms with Crippen molar-refractivity contribution in [1.82, 2.24) is 4.98 Å². The molecular weight excluding hydrogens is 257 g/mol. The number of nitrogens with zero attached hydrogens (tertiary/aromatic N) is 1. The Morgan fingerprint density at radius 1 is 1.30 bits per heavy atom. The minimum absolute atomic E-state index is 0.0133. The normalized spacial score (nSPS) is 11.1. The molecule has 0 amide bonds. The SMILES string of the molecule is CC(C)=CCC/C(C)=C/COC(=O)c1cccc(F)n1. The van der Waals surface area contributed by atoms with Gasteiger partial charge in [-0.2, -0.15) is 4.39 Å². The van der Waals surface area contributed by atoms with Crippen LogP contribution < -0.4 is 0 Å². The van der Waals surface area contributed by atoms with Gasteiger partial charge in [0.15, 0.2) is 5.69 Å². The second kappa shape index (κ2) is 8.25. The average Bonchev–Trinajstić information content (AvgIpc) is 2.38. The zero-order chi connectivity index (χ0) is 15.0. The maximum Gasteiger partial charge on any atom is 0.357 e. The minimum Gasteiger partial charge on any atom is -0.457 e. The summed E-state index contributed by atoms with van der Waals surface area (Å²) in [6.07, 6.45) is 5.93. The fourth-order valence-corrected chi connectivity index (χ4v) is 1.55. The molecule has 0 aliphatic carbocycles. The quantitative estimate of drug-likeness (QED) is 0.447. The van der Waals surface area contributed by atoms with Crippen LogP contribution in [0.15, 0.2) is 41.5 Å². The lowest BCUT2D eigenvalue weighted by molar-refractivity contribution is 0.0540. The number of esters is 1. The van der Waals surface area contributed by atoms with Crippen LogP contribution in [0.5, 0.6) is 0 Å². The number of hydrogen-bond acceptors (Lipinski definition) is 3. The molecule has 0 aromatic carbocycles. The van der Waals surface area contributed by atoms with Gasteiger partial charge in [-0.1, -0.05) is 23.3 Å². The summed E-state index contributed by atoms with van der Waals surface area (Å²) in [5.74, 6) is -1.30. The molecule has 0 unspecified atom stereocenters. The van der Waals surface area contributed by atoms with E-state index in [1.165, 1.54) is 23.8 Å². The first-order chi connectivity index (χ1) is 9.49. The molecule has 0 aliphatic rings. The van der Waals surface area contributed by atoms with Crippen LogP contribution >= 0.6 is 0 Å². The van der Waals surface area contributed by atoms with E-state index < -0.39 is 11.9 Å². The summed E-state index contributed by atoms with van der Waals surface area (Å²) < 4.78 is 17.9. The van der Waals surface area contributed by atoms with Crippen LogP contribution in [0.1, 0.15) is 44.1 Å². The fraction of sp³-hybridized carbons (Fsp3) is 0.375. The van der Waals surface area contributed by atoms with E-state index >= 15 is 0 Å². The number of allylic oxidation sites excluding steroid dienone is 3. The summed E-state index contributed by atoms with van der Waals surface area (Å²) in [5.41, 5.74) is 2.43. The highest BCUT2D eigenvalue weighted by Gasteiger charge is 2.08. The Morgan fingerprint density at radius 3 is 2.70 bits per heavy atom. The van der Waals surface area contributed by atoms with Gasteiger partial charge in [0.25, 0.3) is 0 Å². The predicted octanol–water partition coefficient (Wildman–Crippen LogP) is 4.07. The van der Waals surface area contributed by atoms with Crippen LogP contribution in [0.25, 0.3) is 0 Å². The van der Waals surface area contributed by atoms with Crippen LogP contribution in [-0.2, 0) is 4.74 Å². The first kappa shape index (κ1) is 16.1. The molecule has 0 radical (unpaired) electrons. The van der Waals surface area contributed by atoms with Gasteiger partial charge in [-0.15, -0.1) is 0 Å². The molecule has 108 valence electrons. The molecule has 1 aromatic heterocycles. The van der Waals surface area contributed by atoms with Crippen molar-refractivity contribution in [2.24, 2.45) is 0 Å². The Morgan fingerprint density at radius 2 is 2.05 bits per heavy atom. The molecule has 4 heteroatoms. The second-order valence-electron chi connectivity index (χ2n) is 4.81. The van der Waals surface area contributed by atoms with Crippen molar-refractivity contribution >= 4 is 5.97 Å². The Balaban J connectivity index is 2.39. The van der Waals surface area contributed by atoms with Gasteiger partial charge in [0.05, 0.1) is 0 Å². The van der Waals surface area contributed by atoms with Gasteiger partial charge >= 0.3 is 5.97 Å². The maximum atomic E-state index is 12.8. The molecule has 0 fully saturated rings. The Bertz CT molecular complexity index is 517. The summed E-state index contributed by atoms with van der Waals surface area (Å²) >= 11 is 0. The molecule has 0 atom stereocenters. The van der Waals surface area contributed by atoms with Crippen molar-refractivity contribution in [3.05, 3.63) is 53.1 Å². The smallest absolute Gasteiger partial charge is 0.357 e. The average molecular weight is 277 g/mol. The predicted molar refractivity (Wildman–Crippen MR) is 76.9 cm³/mol. The first-order valence-corrected chi connectivity index (χ1v) is 6.57. The number of hydrogen-bond donors (Lipinski definition) is 0. The maximum absolute atomic E-state index is 12.8. The summed E-state index contributed by atoms with van der Waals surface area (Å²) in [6, 6.07) is 4.04. The van der Waals surface area contributed by atoms with E-state index in [1.54, 1.807) is 0 Å². The van der Waals surface area contributed by atoms with Gasteiger partial charge in [-0.25, -0.2) is 9.78 Å². The number of halogens is 1. The van der Waals surface area contributed by atoms with Gasteiger partial charge in [-0.3, -0.25) is 0 Å². The molecular formula is C16H20FNO2. The zero-order valence-corrected chi connectivity index (χ0v) is 12.1. The van der Waals surface area contributed by atoms with Crippen LogP contribution in [0, 0.1) is 5.95 Å². The van der Waals surface area contributed by atoms with Crippen LogP contribution in [-0.4, -0.2) is 17.6 Å². The molecule has 0 saturated carbocycles. The van der Waals surface area contributed by atoms with Crippen molar-refractivity contribution in [2.75, 3.05) is 6.61 Å². The fourth-order valence-electron chi connectivity index (χ4n) is 1.55. The van der Waals surface area contributed by atoms with Crippen molar-refractivity contribution < 1.29 is 13.9 Å². The van der Waals surface area contributed by atoms with E-state index in [4.69, 9.17) is 4.74 Å². The third-order valence-electron chi connectivity index (χ3n) is 2.66. The lowest BCUT2D eigenvalue weighted by Gasteiger charge is -2.03. The van der Waals surface area contributed by atoms with Gasteiger partial charge in [-0.05, 0) is 51.8 Å². The Hall–Kier alpha value is -1.97. The van der Waals surface area contributed by atoms with Gasteiger partial charge in [0.2, 0.25) is 5.95 Å². The van der Waals surface area contributed by atoms with Crippen molar-refractivity contribution in [2.45, 2.75) is 33.6 Å². The minimum atomic E-state index is -0.687. The van der Waals surface area contributed by atoms with E-state index in [9.17, 15) is 9.18 Å². The highest BCUT2D eigenvalue weighted by Crippen LogP contribution is 2.07. The summed E-state index contributed by atoms with van der Waals surface area (Å²) in [4.78, 5) is 15.1. The number of rotatable bonds is 6. The standard InChI is InChI=1S/C16H20FNO2/c1-12(2)6-4-7-13(3)10-11-20-16(19)14-8-5-9-15(17)18-14/h5-6,8-10H,4,7,11H2,1-3H3/b13-10+. The number of aromatic nitrogens is 1. The molecule has 0 N–H and O–H groups in total. The summed E-state index contributed by atoms with van der Waals surface area (Å²) in [5, 5.41) is 0. The molecule has 0 bridgehead atoms. The van der Waals surface area contributed by atoms with Gasteiger partial charge in [0.1, 0.15) is 6.61 Å². The first-order valence-electron chi connectivity index (χ1n) is 6.57. The molecule has 0 spiro atoms. The van der Waals surface area contributed by atoms with E-state index in [0.717, 1.165) is 18.4 Å². The third-order valence-corrected chi connectivity index (χ3v) is 2.66. The number of carbonyl (C=O) groups is 1. The molecule has 1 rings (SSSR count). The largest absolute Gasteiger partial charge is 0.457 e. The number of ether oxygens (including phenoxy) is 1. The van der Waals surface area contributed by atoms with E-state index in [0.29, 0.717) is 0 Å². The van der Waals surface area contributed by atoms with E-state index in [-0.39, 0.29) is 12.3 Å². The van der Waals surface area contributed by atoms with E-state index in [2.05, 4.69) is 24.9 Å². The molecule has 0 aliphatic heterocycles. The molecule has 3 nitrogen and oxygen atoms in total. The molecule has 0 saturated heterocycles. The highest BCUT2D eigenvalue weighted by molar-refractivity contribution is 5.87. The molecule has 20 heavy (non-hydrogen) atoms. The Kier molecular flexibility index (Phi) is 6.64. The van der Waals surface area contributed by atoms with Gasteiger partial charge in [0, 0.05) is 0 Å². The topological polar surface area (TPSA) is 39.2 Å². The van der Waals surface area contributed by atoms with Crippen LogP contribution in [0.4, 0.5) is 4.39 Å². The summed E-state index contributed by atoms with van der Waals surface area (Å²) in [7, 11) is 0. The molecule has 1 aromatic rings. The van der Waals surface area contributed by atoms with Crippen molar-refractivity contribution in [3.63, 3.8) is 0 Å². The van der Waals surface area contributed by atoms with E-state index in [1.807, 2.05) is 13.0 Å². The lowest BCUT2D eigenvalue weighted by atomic mass is 10.1. The Labute approximate surface area is 119 Å². The van der Waals surface area contributed by atoms with Crippen molar-refractivity contribution in [1.29, 1.82) is 0 Å². The zero-order valence-electron chi connectivity index (χ0n) is 12.1. The van der Waals surface area contributed by atoms with Crippen LogP contribution in [0.2, 0.25) is 0 Å². The van der Waals surface area contributed by atoms with Crippen molar-refractivity contribution in [3.8, 4) is 0 Å². The van der Waals surface area contributed by atoms with Crippen LogP contribution in [0.3, 0.4) is 0 Å². The monoisotopic (exact) mass is 277 g/mol. The van der Waals surface area contributed by atoms with Gasteiger partial charge < -0.3 is 4.74 Å². The lowest BCUT2D eigenvalue weighted by Crippen LogP contribution is -2.08. The number of pyridine rings is 1. The highest BCUT2D eigenvalue weighted by atomic mass is 19.1. The second-order valence-corrected chi connectivity index (χ2v) is 4.81.